The zero-order chi connectivity index (χ0) is 16.8. The standard InChI is InChI=1S/C19H25NO3/c1-13(2)19(21)18(20)15-9-10-16(22-3)17(11-15)23-12-14-7-5-4-6-8-14/h4-11,13,18-19,21H,12,20H2,1-3H3/t18-,19+/m1/s1. The number of aliphatic hydroxyl groups is 1. The Morgan fingerprint density at radius 1 is 1.04 bits per heavy atom. The van der Waals surface area contributed by atoms with Crippen LogP contribution in [0, 0.1) is 5.92 Å². The van der Waals surface area contributed by atoms with Gasteiger partial charge in [0.1, 0.15) is 6.61 Å². The third kappa shape index (κ3) is 4.47. The molecule has 0 bridgehead atoms. The maximum absolute atomic E-state index is 10.2. The lowest BCUT2D eigenvalue weighted by Crippen LogP contribution is -2.30. The SMILES string of the molecule is COc1ccc([C@@H](N)[C@@H](O)C(C)C)cc1OCc1ccccc1. The monoisotopic (exact) mass is 315 g/mol. The molecular formula is C19H25NO3. The van der Waals surface area contributed by atoms with Crippen LogP contribution in [0.4, 0.5) is 0 Å². The Morgan fingerprint density at radius 2 is 1.74 bits per heavy atom. The summed E-state index contributed by atoms with van der Waals surface area (Å²) < 4.78 is 11.2. The zero-order valence-electron chi connectivity index (χ0n) is 13.9. The Bertz CT molecular complexity index is 613. The molecule has 0 radical (unpaired) electrons. The van der Waals surface area contributed by atoms with Crippen molar-refractivity contribution in [2.75, 3.05) is 7.11 Å². The molecule has 23 heavy (non-hydrogen) atoms. The minimum absolute atomic E-state index is 0.0841. The molecular weight excluding hydrogens is 290 g/mol. The summed E-state index contributed by atoms with van der Waals surface area (Å²) in [5.74, 6) is 1.36. The van der Waals surface area contributed by atoms with Crippen molar-refractivity contribution < 1.29 is 14.6 Å². The van der Waals surface area contributed by atoms with Crippen molar-refractivity contribution in [3.63, 3.8) is 0 Å². The highest BCUT2D eigenvalue weighted by Crippen LogP contribution is 2.32. The van der Waals surface area contributed by atoms with Gasteiger partial charge in [-0.3, -0.25) is 0 Å². The highest BCUT2D eigenvalue weighted by atomic mass is 16.5. The van der Waals surface area contributed by atoms with Gasteiger partial charge in [-0.1, -0.05) is 50.2 Å². The Morgan fingerprint density at radius 3 is 2.35 bits per heavy atom. The molecule has 0 heterocycles. The first kappa shape index (κ1) is 17.3. The van der Waals surface area contributed by atoms with Crippen LogP contribution < -0.4 is 15.2 Å². The van der Waals surface area contributed by atoms with Crippen molar-refractivity contribution in [1.82, 2.24) is 0 Å². The van der Waals surface area contributed by atoms with Crippen molar-refractivity contribution in [2.45, 2.75) is 32.6 Å². The van der Waals surface area contributed by atoms with E-state index in [0.717, 1.165) is 11.1 Å². The molecule has 0 aromatic heterocycles. The number of benzene rings is 2. The molecule has 0 spiro atoms. The van der Waals surface area contributed by atoms with Crippen LogP contribution in [0.15, 0.2) is 48.5 Å². The van der Waals surface area contributed by atoms with Crippen LogP contribution in [0.5, 0.6) is 11.5 Å². The normalized spacial score (nSPS) is 13.7. The van der Waals surface area contributed by atoms with Crippen LogP contribution in [-0.4, -0.2) is 18.3 Å². The lowest BCUT2D eigenvalue weighted by Gasteiger charge is -2.23. The highest BCUT2D eigenvalue weighted by Gasteiger charge is 2.21. The minimum atomic E-state index is -0.606. The van der Waals surface area contributed by atoms with E-state index in [4.69, 9.17) is 15.2 Å². The Balaban J connectivity index is 2.18. The van der Waals surface area contributed by atoms with E-state index < -0.39 is 12.1 Å². The Kier molecular flexibility index (Phi) is 6.02. The summed E-state index contributed by atoms with van der Waals surface area (Å²) in [5.41, 5.74) is 8.06. The highest BCUT2D eigenvalue weighted by molar-refractivity contribution is 5.44. The molecule has 4 nitrogen and oxygen atoms in total. The maximum atomic E-state index is 10.2. The molecule has 4 heteroatoms. The summed E-state index contributed by atoms with van der Waals surface area (Å²) in [6, 6.07) is 15.0. The largest absolute Gasteiger partial charge is 0.493 e. The van der Waals surface area contributed by atoms with Crippen LogP contribution >= 0.6 is 0 Å². The van der Waals surface area contributed by atoms with Crippen LogP contribution in [0.1, 0.15) is 31.0 Å². The van der Waals surface area contributed by atoms with Gasteiger partial charge in [-0.25, -0.2) is 0 Å². The summed E-state index contributed by atoms with van der Waals surface area (Å²) in [5, 5.41) is 10.2. The van der Waals surface area contributed by atoms with Crippen LogP contribution in [-0.2, 0) is 6.61 Å². The lowest BCUT2D eigenvalue weighted by atomic mass is 9.94. The maximum Gasteiger partial charge on any atom is 0.161 e. The fourth-order valence-electron chi connectivity index (χ4n) is 2.36. The summed E-state index contributed by atoms with van der Waals surface area (Å²) in [6.45, 7) is 4.34. The minimum Gasteiger partial charge on any atom is -0.493 e. The Hall–Kier alpha value is -2.04. The predicted octanol–water partition coefficient (Wildman–Crippen LogP) is 3.29. The van der Waals surface area contributed by atoms with E-state index in [1.807, 2.05) is 62.4 Å². The summed E-state index contributed by atoms with van der Waals surface area (Å²) >= 11 is 0. The first-order chi connectivity index (χ1) is 11.0. The molecule has 3 N–H and O–H groups in total. The van der Waals surface area contributed by atoms with E-state index >= 15 is 0 Å². The molecule has 2 rings (SSSR count). The summed E-state index contributed by atoms with van der Waals surface area (Å²) in [6.07, 6.45) is -0.606. The Labute approximate surface area is 137 Å². The zero-order valence-corrected chi connectivity index (χ0v) is 13.9. The average Bonchev–Trinajstić information content (AvgIpc) is 2.59. The average molecular weight is 315 g/mol. The number of methoxy groups -OCH3 is 1. The number of ether oxygens (including phenoxy) is 2. The molecule has 124 valence electrons. The number of aliphatic hydroxyl groups excluding tert-OH is 1. The first-order valence-corrected chi connectivity index (χ1v) is 7.81. The van der Waals surface area contributed by atoms with E-state index in [-0.39, 0.29) is 5.92 Å². The molecule has 0 amide bonds. The van der Waals surface area contributed by atoms with Crippen molar-refractivity contribution >= 4 is 0 Å². The smallest absolute Gasteiger partial charge is 0.161 e. The van der Waals surface area contributed by atoms with Gasteiger partial charge in [-0.05, 0) is 29.2 Å². The first-order valence-electron chi connectivity index (χ1n) is 7.81. The van der Waals surface area contributed by atoms with Crippen molar-refractivity contribution in [3.8, 4) is 11.5 Å². The molecule has 0 saturated carbocycles. The summed E-state index contributed by atoms with van der Waals surface area (Å²) in [4.78, 5) is 0. The fourth-order valence-corrected chi connectivity index (χ4v) is 2.36. The third-order valence-corrected chi connectivity index (χ3v) is 3.86. The second-order valence-corrected chi connectivity index (χ2v) is 5.94. The molecule has 2 aromatic rings. The summed E-state index contributed by atoms with van der Waals surface area (Å²) in [7, 11) is 1.60. The van der Waals surface area contributed by atoms with Gasteiger partial charge in [0.15, 0.2) is 11.5 Å². The fraction of sp³-hybridized carbons (Fsp3) is 0.368. The quantitative estimate of drug-likeness (QED) is 0.823. The molecule has 0 aliphatic rings. The van der Waals surface area contributed by atoms with Gasteiger partial charge in [0.25, 0.3) is 0 Å². The second-order valence-electron chi connectivity index (χ2n) is 5.94. The number of hydrogen-bond donors (Lipinski definition) is 2. The molecule has 0 unspecified atom stereocenters. The van der Waals surface area contributed by atoms with Gasteiger partial charge >= 0.3 is 0 Å². The van der Waals surface area contributed by atoms with Gasteiger partial charge < -0.3 is 20.3 Å². The topological polar surface area (TPSA) is 64.7 Å². The van der Waals surface area contributed by atoms with Crippen molar-refractivity contribution in [3.05, 3.63) is 59.7 Å². The third-order valence-electron chi connectivity index (χ3n) is 3.86. The van der Waals surface area contributed by atoms with Crippen LogP contribution in [0.25, 0.3) is 0 Å². The van der Waals surface area contributed by atoms with E-state index in [9.17, 15) is 5.11 Å². The van der Waals surface area contributed by atoms with E-state index in [1.54, 1.807) is 7.11 Å². The molecule has 2 atom stereocenters. The van der Waals surface area contributed by atoms with Gasteiger partial charge in [-0.2, -0.15) is 0 Å². The van der Waals surface area contributed by atoms with Gasteiger partial charge in [0.2, 0.25) is 0 Å². The van der Waals surface area contributed by atoms with Gasteiger partial charge in [0, 0.05) is 0 Å². The number of rotatable bonds is 7. The number of nitrogens with two attached hydrogens (primary N) is 1. The van der Waals surface area contributed by atoms with Crippen LogP contribution in [0.2, 0.25) is 0 Å². The molecule has 0 saturated heterocycles. The molecule has 0 aliphatic carbocycles. The number of hydrogen-bond acceptors (Lipinski definition) is 4. The van der Waals surface area contributed by atoms with E-state index in [1.165, 1.54) is 0 Å². The molecule has 0 fully saturated rings. The van der Waals surface area contributed by atoms with Gasteiger partial charge in [-0.15, -0.1) is 0 Å². The van der Waals surface area contributed by atoms with E-state index in [2.05, 4.69) is 0 Å². The molecule has 2 aromatic carbocycles. The second kappa shape index (κ2) is 7.99. The predicted molar refractivity (Wildman–Crippen MR) is 91.5 cm³/mol. The van der Waals surface area contributed by atoms with Crippen molar-refractivity contribution in [2.24, 2.45) is 11.7 Å². The van der Waals surface area contributed by atoms with Gasteiger partial charge in [0.05, 0.1) is 19.3 Å². The van der Waals surface area contributed by atoms with Crippen LogP contribution in [0.3, 0.4) is 0 Å². The lowest BCUT2D eigenvalue weighted by molar-refractivity contribution is 0.0978. The molecule has 0 aliphatic heterocycles. The van der Waals surface area contributed by atoms with E-state index in [0.29, 0.717) is 18.1 Å². The van der Waals surface area contributed by atoms with Crippen molar-refractivity contribution in [1.29, 1.82) is 0 Å².